The summed E-state index contributed by atoms with van der Waals surface area (Å²) in [6.07, 6.45) is 3.81. The van der Waals surface area contributed by atoms with E-state index < -0.39 is 0 Å². The first-order valence-corrected chi connectivity index (χ1v) is 6.32. The van der Waals surface area contributed by atoms with E-state index in [1.54, 1.807) is 0 Å². The maximum atomic E-state index is 5.56. The molecule has 5 heteroatoms. The summed E-state index contributed by atoms with van der Waals surface area (Å²) < 4.78 is 2.12. The van der Waals surface area contributed by atoms with Gasteiger partial charge < -0.3 is 4.57 Å². The summed E-state index contributed by atoms with van der Waals surface area (Å²) in [5.41, 5.74) is 2.83. The van der Waals surface area contributed by atoms with E-state index in [1.807, 2.05) is 24.2 Å². The summed E-state index contributed by atoms with van der Waals surface area (Å²) in [4.78, 5) is 4.34. The van der Waals surface area contributed by atoms with Crippen LogP contribution in [-0.4, -0.2) is 20.6 Å². The summed E-state index contributed by atoms with van der Waals surface area (Å²) in [5, 5.41) is 0.617. The van der Waals surface area contributed by atoms with E-state index in [-0.39, 0.29) is 6.04 Å². The minimum atomic E-state index is 0.132. The number of hydrogen-bond acceptors (Lipinski definition) is 4. The van der Waals surface area contributed by atoms with Crippen molar-refractivity contribution < 1.29 is 0 Å². The van der Waals surface area contributed by atoms with Crippen LogP contribution in [0.15, 0.2) is 12.4 Å². The molecule has 0 saturated heterocycles. The summed E-state index contributed by atoms with van der Waals surface area (Å²) in [7, 11) is 0. The number of aryl methyl sites for hydroxylation is 1. The van der Waals surface area contributed by atoms with Gasteiger partial charge in [0, 0.05) is 24.7 Å². The number of hydrazine groups is 1. The van der Waals surface area contributed by atoms with Gasteiger partial charge in [0.05, 0.1) is 6.04 Å². The third kappa shape index (κ3) is 3.52. The van der Waals surface area contributed by atoms with Gasteiger partial charge in [0.2, 0.25) is 0 Å². The van der Waals surface area contributed by atoms with Crippen molar-refractivity contribution in [3.05, 3.63) is 18.2 Å². The van der Waals surface area contributed by atoms with Gasteiger partial charge in [-0.3, -0.25) is 5.84 Å². The molecular formula is C10H20N4S. The van der Waals surface area contributed by atoms with Gasteiger partial charge in [-0.25, -0.2) is 10.4 Å². The molecule has 0 fully saturated rings. The number of hydrogen-bond donors (Lipinski definition) is 2. The number of thioether (sulfide) groups is 1. The lowest BCUT2D eigenvalue weighted by atomic mass is 10.3. The highest BCUT2D eigenvalue weighted by Crippen LogP contribution is 2.19. The topological polar surface area (TPSA) is 55.9 Å². The first kappa shape index (κ1) is 12.5. The number of nitrogens with zero attached hydrogens (tertiary/aromatic N) is 2. The Morgan fingerprint density at radius 1 is 1.60 bits per heavy atom. The molecule has 0 aliphatic heterocycles. The Morgan fingerprint density at radius 2 is 2.33 bits per heavy atom. The normalized spacial score (nSPS) is 13.4. The molecule has 1 rings (SSSR count). The van der Waals surface area contributed by atoms with E-state index in [0.717, 1.165) is 18.1 Å². The van der Waals surface area contributed by atoms with Crippen LogP contribution in [0.2, 0.25) is 0 Å². The van der Waals surface area contributed by atoms with Gasteiger partial charge in [-0.05, 0) is 12.2 Å². The highest BCUT2D eigenvalue weighted by molar-refractivity contribution is 7.99. The fourth-order valence-electron chi connectivity index (χ4n) is 1.38. The number of nitrogens with two attached hydrogens (primary N) is 1. The SMILES string of the molecule is CCn1ccnc1C(CSC(C)C)NN. The van der Waals surface area contributed by atoms with Gasteiger partial charge in [0.15, 0.2) is 0 Å². The number of imidazole rings is 1. The molecule has 1 heterocycles. The molecule has 1 aromatic heterocycles. The molecule has 0 saturated carbocycles. The lowest BCUT2D eigenvalue weighted by molar-refractivity contribution is 0.540. The fraction of sp³-hybridized carbons (Fsp3) is 0.700. The molecule has 1 unspecified atom stereocenters. The Morgan fingerprint density at radius 3 is 2.87 bits per heavy atom. The van der Waals surface area contributed by atoms with Crippen LogP contribution in [0.4, 0.5) is 0 Å². The van der Waals surface area contributed by atoms with Crippen LogP contribution < -0.4 is 11.3 Å². The number of rotatable bonds is 6. The van der Waals surface area contributed by atoms with Crippen LogP contribution in [0.5, 0.6) is 0 Å². The van der Waals surface area contributed by atoms with E-state index in [2.05, 4.69) is 35.7 Å². The molecule has 0 aliphatic carbocycles. The molecule has 0 spiro atoms. The minimum Gasteiger partial charge on any atom is -0.334 e. The Labute approximate surface area is 95.6 Å². The van der Waals surface area contributed by atoms with Crippen LogP contribution in [0.3, 0.4) is 0 Å². The molecule has 3 N–H and O–H groups in total. The zero-order chi connectivity index (χ0) is 11.3. The smallest absolute Gasteiger partial charge is 0.128 e. The van der Waals surface area contributed by atoms with Gasteiger partial charge in [-0.1, -0.05) is 13.8 Å². The third-order valence-electron chi connectivity index (χ3n) is 2.20. The van der Waals surface area contributed by atoms with Gasteiger partial charge in [0.25, 0.3) is 0 Å². The molecule has 1 atom stereocenters. The molecule has 0 aliphatic rings. The molecule has 4 nitrogen and oxygen atoms in total. The summed E-state index contributed by atoms with van der Waals surface area (Å²) in [5.74, 6) is 7.53. The van der Waals surface area contributed by atoms with Crippen molar-refractivity contribution >= 4 is 11.8 Å². The molecule has 1 aromatic rings. The van der Waals surface area contributed by atoms with Gasteiger partial charge in [-0.2, -0.15) is 11.8 Å². The first-order valence-electron chi connectivity index (χ1n) is 5.27. The highest BCUT2D eigenvalue weighted by Gasteiger charge is 2.15. The van der Waals surface area contributed by atoms with Gasteiger partial charge in [-0.15, -0.1) is 0 Å². The standard InChI is InChI=1S/C10H20N4S/c1-4-14-6-5-12-10(14)9(13-11)7-15-8(2)3/h5-6,8-9,13H,4,7,11H2,1-3H3. The zero-order valence-electron chi connectivity index (χ0n) is 9.60. The van der Waals surface area contributed by atoms with Crippen molar-refractivity contribution in [3.8, 4) is 0 Å². The largest absolute Gasteiger partial charge is 0.334 e. The second-order valence-electron chi connectivity index (χ2n) is 3.67. The quantitative estimate of drug-likeness (QED) is 0.573. The average Bonchev–Trinajstić information content (AvgIpc) is 2.66. The van der Waals surface area contributed by atoms with Crippen molar-refractivity contribution in [1.29, 1.82) is 0 Å². The molecular weight excluding hydrogens is 208 g/mol. The predicted octanol–water partition coefficient (Wildman–Crippen LogP) is 1.55. The fourth-order valence-corrected chi connectivity index (χ4v) is 2.21. The molecule has 0 bridgehead atoms. The Kier molecular flexibility index (Phi) is 5.14. The molecule has 0 aromatic carbocycles. The Hall–Kier alpha value is -0.520. The van der Waals surface area contributed by atoms with Crippen molar-refractivity contribution in [2.75, 3.05) is 5.75 Å². The van der Waals surface area contributed by atoms with E-state index in [1.165, 1.54) is 0 Å². The summed E-state index contributed by atoms with van der Waals surface area (Å²) in [6, 6.07) is 0.132. The van der Waals surface area contributed by atoms with E-state index in [0.29, 0.717) is 5.25 Å². The second kappa shape index (κ2) is 6.15. The first-order chi connectivity index (χ1) is 7.19. The van der Waals surface area contributed by atoms with Crippen LogP contribution in [0, 0.1) is 0 Å². The van der Waals surface area contributed by atoms with Gasteiger partial charge >= 0.3 is 0 Å². The monoisotopic (exact) mass is 228 g/mol. The predicted molar refractivity (Wildman–Crippen MR) is 65.6 cm³/mol. The molecule has 15 heavy (non-hydrogen) atoms. The maximum absolute atomic E-state index is 5.56. The van der Waals surface area contributed by atoms with E-state index in [4.69, 9.17) is 5.84 Å². The number of nitrogens with one attached hydrogen (secondary N) is 1. The van der Waals surface area contributed by atoms with Crippen molar-refractivity contribution in [3.63, 3.8) is 0 Å². The lowest BCUT2D eigenvalue weighted by Crippen LogP contribution is -2.32. The second-order valence-corrected chi connectivity index (χ2v) is 5.28. The van der Waals surface area contributed by atoms with Crippen molar-refractivity contribution in [1.82, 2.24) is 15.0 Å². The van der Waals surface area contributed by atoms with Crippen LogP contribution in [0.25, 0.3) is 0 Å². The molecule has 0 radical (unpaired) electrons. The number of aromatic nitrogens is 2. The minimum absolute atomic E-state index is 0.132. The van der Waals surface area contributed by atoms with Crippen LogP contribution in [0.1, 0.15) is 32.6 Å². The third-order valence-corrected chi connectivity index (χ3v) is 3.39. The maximum Gasteiger partial charge on any atom is 0.128 e. The van der Waals surface area contributed by atoms with Gasteiger partial charge in [0.1, 0.15) is 5.82 Å². The van der Waals surface area contributed by atoms with E-state index >= 15 is 0 Å². The van der Waals surface area contributed by atoms with Crippen LogP contribution in [-0.2, 0) is 6.54 Å². The summed E-state index contributed by atoms with van der Waals surface area (Å²) >= 11 is 1.89. The average molecular weight is 228 g/mol. The molecule has 86 valence electrons. The summed E-state index contributed by atoms with van der Waals surface area (Å²) in [6.45, 7) is 7.41. The molecule has 0 amide bonds. The lowest BCUT2D eigenvalue weighted by Gasteiger charge is -2.17. The Balaban J connectivity index is 2.65. The van der Waals surface area contributed by atoms with Crippen molar-refractivity contribution in [2.24, 2.45) is 5.84 Å². The highest BCUT2D eigenvalue weighted by atomic mass is 32.2. The zero-order valence-corrected chi connectivity index (χ0v) is 10.4. The Bertz CT molecular complexity index is 285. The van der Waals surface area contributed by atoms with E-state index in [9.17, 15) is 0 Å². The van der Waals surface area contributed by atoms with Crippen LogP contribution >= 0.6 is 11.8 Å². The van der Waals surface area contributed by atoms with Crippen molar-refractivity contribution in [2.45, 2.75) is 38.6 Å².